The highest BCUT2D eigenvalue weighted by Gasteiger charge is 2.53. The van der Waals surface area contributed by atoms with Crippen molar-refractivity contribution >= 4 is 5.91 Å². The monoisotopic (exact) mass is 1230 g/mol. The van der Waals surface area contributed by atoms with Crippen LogP contribution in [0.5, 0.6) is 0 Å². The molecule has 19 nitrogen and oxygen atoms in total. The number of rotatable bonds is 51. The Labute approximate surface area is 516 Å². The second-order valence-electron chi connectivity index (χ2n) is 24.3. The maximum atomic E-state index is 13.4. The first-order valence-corrected chi connectivity index (χ1v) is 33.9. The molecule has 0 aromatic rings. The van der Waals surface area contributed by atoms with Crippen LogP contribution in [0.3, 0.4) is 0 Å². The van der Waals surface area contributed by atoms with E-state index in [1.807, 2.05) is 6.08 Å². The average Bonchev–Trinajstić information content (AvgIpc) is 3.70. The molecular formula is C67H121NO18. The molecule has 1 amide bonds. The van der Waals surface area contributed by atoms with E-state index in [2.05, 4.69) is 55.6 Å². The Kier molecular flexibility index (Phi) is 44.8. The summed E-state index contributed by atoms with van der Waals surface area (Å²) in [6, 6.07) is -0.976. The van der Waals surface area contributed by atoms with E-state index in [-0.39, 0.29) is 18.9 Å². The van der Waals surface area contributed by atoms with Crippen molar-refractivity contribution in [3.8, 4) is 0 Å². The Bertz CT molecular complexity index is 1750. The molecule has 0 aromatic heterocycles. The molecule has 3 heterocycles. The maximum absolute atomic E-state index is 13.4. The molecule has 502 valence electrons. The number of allylic oxidation sites excluding steroid dienone is 7. The predicted molar refractivity (Wildman–Crippen MR) is 332 cm³/mol. The number of amides is 1. The topological polar surface area (TPSA) is 307 Å². The standard InChI is InChI=1S/C67H121NO18/c1-3-5-7-9-11-13-15-17-19-21-22-23-24-25-26-27-28-29-31-33-35-37-39-41-43-45-55(73)68-50(51(72)44-42-40-38-36-34-32-30-20-18-16-14-12-10-8-6-4-2)49-81-65-61(79)58(76)63(53(47-70)83-65)86-67-62(80)59(77)64(54(48-71)84-67)85-66-60(78)57(75)56(74)52(46-69)82-66/h15,17,21-22,24-25,42,44,50-54,56-67,69-72,74-80H,3-14,16,18-20,23,26-41,43,45-49H2,1-2H3,(H,68,73)/b17-15-,22-21-,25-24-,44-42+. The van der Waals surface area contributed by atoms with Crippen molar-refractivity contribution in [2.75, 3.05) is 26.4 Å². The second kappa shape index (κ2) is 49.5. The van der Waals surface area contributed by atoms with Crippen molar-refractivity contribution in [1.29, 1.82) is 0 Å². The fourth-order valence-electron chi connectivity index (χ4n) is 11.3. The number of nitrogens with one attached hydrogen (secondary N) is 1. The lowest BCUT2D eigenvalue weighted by Gasteiger charge is -2.48. The van der Waals surface area contributed by atoms with Gasteiger partial charge in [-0.3, -0.25) is 4.79 Å². The number of ether oxygens (including phenoxy) is 6. The van der Waals surface area contributed by atoms with Crippen LogP contribution in [0.1, 0.15) is 239 Å². The molecule has 17 atom stereocenters. The van der Waals surface area contributed by atoms with Crippen LogP contribution in [0.15, 0.2) is 48.6 Å². The van der Waals surface area contributed by atoms with E-state index in [0.717, 1.165) is 70.6 Å². The molecule has 0 radical (unpaired) electrons. The molecule has 3 fully saturated rings. The third-order valence-corrected chi connectivity index (χ3v) is 16.9. The largest absolute Gasteiger partial charge is 0.394 e. The first-order valence-electron chi connectivity index (χ1n) is 33.9. The van der Waals surface area contributed by atoms with Gasteiger partial charge in [-0.25, -0.2) is 0 Å². The lowest BCUT2D eigenvalue weighted by molar-refractivity contribution is -0.379. The number of hydrogen-bond donors (Lipinski definition) is 12. The van der Waals surface area contributed by atoms with Crippen molar-refractivity contribution in [3.63, 3.8) is 0 Å². The molecule has 3 rings (SSSR count). The molecule has 3 aliphatic rings. The SMILES string of the molecule is CCCCCCC/C=C\C/C=C\C/C=C\CCCCCCCCCCCCC(=O)NC(COC1OC(CO)C(OC2OC(CO)C(OC3OC(CO)C(O)C(O)C3O)C(O)C2O)C(O)C1O)C(O)/C=C/CCCCCCCCCCCCCCCC. The van der Waals surface area contributed by atoms with Crippen LogP contribution in [0, 0.1) is 0 Å². The minimum absolute atomic E-state index is 0.238. The van der Waals surface area contributed by atoms with Crippen molar-refractivity contribution < 1.29 is 89.4 Å². The Hall–Kier alpha value is -2.25. The van der Waals surface area contributed by atoms with Gasteiger partial charge >= 0.3 is 0 Å². The van der Waals surface area contributed by atoms with Gasteiger partial charge in [-0.15, -0.1) is 0 Å². The molecule has 17 unspecified atom stereocenters. The van der Waals surface area contributed by atoms with Gasteiger partial charge in [-0.1, -0.05) is 223 Å². The first kappa shape index (κ1) is 78.0. The number of aliphatic hydroxyl groups excluding tert-OH is 11. The number of carbonyl (C=O) groups excluding carboxylic acids is 1. The minimum atomic E-state index is -1.98. The normalized spacial score (nSPS) is 29.1. The van der Waals surface area contributed by atoms with Crippen molar-refractivity contribution in [3.05, 3.63) is 48.6 Å². The van der Waals surface area contributed by atoms with Gasteiger partial charge in [0.05, 0.1) is 38.6 Å². The van der Waals surface area contributed by atoms with Gasteiger partial charge in [0.1, 0.15) is 73.2 Å². The van der Waals surface area contributed by atoms with Gasteiger partial charge in [0.25, 0.3) is 0 Å². The Morgan fingerprint density at radius 1 is 0.419 bits per heavy atom. The number of carbonyl (C=O) groups is 1. The van der Waals surface area contributed by atoms with Crippen LogP contribution in [0.25, 0.3) is 0 Å². The van der Waals surface area contributed by atoms with Crippen LogP contribution in [-0.2, 0) is 33.2 Å². The van der Waals surface area contributed by atoms with Gasteiger partial charge in [-0.05, 0) is 57.8 Å². The summed E-state index contributed by atoms with van der Waals surface area (Å²) in [5, 5.41) is 120. The van der Waals surface area contributed by atoms with Gasteiger partial charge in [-0.2, -0.15) is 0 Å². The quantitative estimate of drug-likeness (QED) is 0.0202. The fourth-order valence-corrected chi connectivity index (χ4v) is 11.3. The predicted octanol–water partition coefficient (Wildman–Crippen LogP) is 8.22. The van der Waals surface area contributed by atoms with Gasteiger partial charge in [0, 0.05) is 6.42 Å². The maximum Gasteiger partial charge on any atom is 0.220 e. The summed E-state index contributed by atoms with van der Waals surface area (Å²) in [5.74, 6) is -0.280. The van der Waals surface area contributed by atoms with Gasteiger partial charge in [0.15, 0.2) is 18.9 Å². The summed E-state index contributed by atoms with van der Waals surface area (Å²) in [6.45, 7) is 1.72. The minimum Gasteiger partial charge on any atom is -0.394 e. The molecule has 12 N–H and O–H groups in total. The van der Waals surface area contributed by atoms with E-state index in [9.17, 15) is 61.0 Å². The molecule has 3 saturated heterocycles. The van der Waals surface area contributed by atoms with Crippen LogP contribution in [0.2, 0.25) is 0 Å². The molecule has 0 aliphatic carbocycles. The van der Waals surface area contributed by atoms with E-state index in [0.29, 0.717) is 6.42 Å². The van der Waals surface area contributed by atoms with Crippen LogP contribution >= 0.6 is 0 Å². The summed E-state index contributed by atoms with van der Waals surface area (Å²) in [5.41, 5.74) is 0. The highest BCUT2D eigenvalue weighted by atomic mass is 16.8. The van der Waals surface area contributed by atoms with Crippen molar-refractivity contribution in [2.45, 2.75) is 343 Å². The van der Waals surface area contributed by atoms with E-state index in [1.54, 1.807) is 6.08 Å². The fraction of sp³-hybridized carbons (Fsp3) is 0.866. The zero-order chi connectivity index (χ0) is 62.6. The first-order chi connectivity index (χ1) is 41.8. The van der Waals surface area contributed by atoms with E-state index >= 15 is 0 Å². The van der Waals surface area contributed by atoms with Crippen molar-refractivity contribution in [2.24, 2.45) is 0 Å². The van der Waals surface area contributed by atoms with E-state index < -0.39 is 124 Å². The third kappa shape index (κ3) is 31.7. The summed E-state index contributed by atoms with van der Waals surface area (Å²) in [7, 11) is 0. The number of unbranched alkanes of at least 4 members (excludes halogenated alkanes) is 29. The van der Waals surface area contributed by atoms with Crippen LogP contribution in [0.4, 0.5) is 0 Å². The third-order valence-electron chi connectivity index (χ3n) is 16.9. The Morgan fingerprint density at radius 2 is 0.767 bits per heavy atom. The van der Waals surface area contributed by atoms with Crippen molar-refractivity contribution in [1.82, 2.24) is 5.32 Å². The van der Waals surface area contributed by atoms with E-state index in [4.69, 9.17) is 28.4 Å². The van der Waals surface area contributed by atoms with Gasteiger partial charge in [0.2, 0.25) is 5.91 Å². The van der Waals surface area contributed by atoms with Gasteiger partial charge < -0.3 is 89.9 Å². The Morgan fingerprint density at radius 3 is 1.20 bits per heavy atom. The molecule has 3 aliphatic heterocycles. The second-order valence-corrected chi connectivity index (χ2v) is 24.3. The molecule has 86 heavy (non-hydrogen) atoms. The average molecular weight is 1230 g/mol. The molecule has 0 aromatic carbocycles. The number of hydrogen-bond acceptors (Lipinski definition) is 18. The zero-order valence-corrected chi connectivity index (χ0v) is 52.8. The molecule has 19 heteroatoms. The van der Waals surface area contributed by atoms with E-state index in [1.165, 1.54) is 141 Å². The number of aliphatic hydroxyl groups is 11. The molecule has 0 saturated carbocycles. The molecule has 0 spiro atoms. The smallest absolute Gasteiger partial charge is 0.220 e. The summed E-state index contributed by atoms with van der Waals surface area (Å²) >= 11 is 0. The Balaban J connectivity index is 1.44. The summed E-state index contributed by atoms with van der Waals surface area (Å²) < 4.78 is 34.3. The lowest BCUT2D eigenvalue weighted by atomic mass is 9.96. The summed E-state index contributed by atoms with van der Waals surface area (Å²) in [4.78, 5) is 13.4. The lowest BCUT2D eigenvalue weighted by Crippen LogP contribution is -2.66. The highest BCUT2D eigenvalue weighted by molar-refractivity contribution is 5.76. The van der Waals surface area contributed by atoms with Crippen LogP contribution in [-0.4, -0.2) is 193 Å². The summed E-state index contributed by atoms with van der Waals surface area (Å²) in [6.07, 6.45) is 30.8. The highest BCUT2D eigenvalue weighted by Crippen LogP contribution is 2.33. The molecular weight excluding hydrogens is 1110 g/mol. The zero-order valence-electron chi connectivity index (χ0n) is 52.8. The van der Waals surface area contributed by atoms with Crippen LogP contribution < -0.4 is 5.32 Å². The molecule has 0 bridgehead atoms.